The zero-order chi connectivity index (χ0) is 13.7. The van der Waals surface area contributed by atoms with Crippen molar-refractivity contribution < 1.29 is 9.21 Å². The zero-order valence-corrected chi connectivity index (χ0v) is 11.7. The van der Waals surface area contributed by atoms with Gasteiger partial charge in [-0.15, -0.1) is 0 Å². The molecule has 0 N–H and O–H groups in total. The van der Waals surface area contributed by atoms with Gasteiger partial charge in [0.1, 0.15) is 11.8 Å². The first kappa shape index (κ1) is 12.2. The topological polar surface area (TPSA) is 33.5 Å². The van der Waals surface area contributed by atoms with Crippen LogP contribution >= 0.6 is 0 Å². The van der Waals surface area contributed by atoms with Gasteiger partial charge >= 0.3 is 0 Å². The average Bonchev–Trinajstić information content (AvgIpc) is 2.95. The number of rotatable bonds is 2. The van der Waals surface area contributed by atoms with E-state index in [1.54, 1.807) is 6.26 Å². The lowest BCUT2D eigenvalue weighted by Gasteiger charge is -2.35. The number of nitrogens with zero attached hydrogens (tertiary/aromatic N) is 1. The van der Waals surface area contributed by atoms with E-state index in [-0.39, 0.29) is 11.7 Å². The molecule has 3 nitrogen and oxygen atoms in total. The normalized spacial score (nSPS) is 29.9. The minimum atomic E-state index is 0.171. The van der Waals surface area contributed by atoms with Crippen molar-refractivity contribution in [2.45, 2.75) is 37.8 Å². The minimum Gasteiger partial charge on any atom is -0.464 e. The molecule has 2 aliphatic heterocycles. The predicted molar refractivity (Wildman–Crippen MR) is 77.8 cm³/mol. The third-order valence-corrected chi connectivity index (χ3v) is 5.22. The Morgan fingerprint density at radius 3 is 2.65 bits per heavy atom. The van der Waals surface area contributed by atoms with E-state index in [1.165, 1.54) is 12.8 Å². The van der Waals surface area contributed by atoms with Crippen molar-refractivity contribution in [1.82, 2.24) is 4.90 Å². The number of hydrogen-bond acceptors (Lipinski definition) is 3. The number of carbonyl (C=O) groups excluding carboxylic acids is 1. The summed E-state index contributed by atoms with van der Waals surface area (Å²) >= 11 is 0. The second-order valence-electron chi connectivity index (χ2n) is 6.23. The number of fused-ring (bicyclic) bond motifs is 3. The molecule has 0 spiro atoms. The second-order valence-corrected chi connectivity index (χ2v) is 6.23. The molecule has 3 heteroatoms. The summed E-state index contributed by atoms with van der Waals surface area (Å²) in [5.74, 6) is 0.449. The zero-order valence-electron chi connectivity index (χ0n) is 11.7. The maximum Gasteiger partial charge on any atom is 0.169 e. The lowest BCUT2D eigenvalue weighted by atomic mass is 9.85. The molecule has 0 saturated carbocycles. The molecule has 4 rings (SSSR count). The molecule has 0 aliphatic carbocycles. The van der Waals surface area contributed by atoms with Crippen LogP contribution in [0.25, 0.3) is 11.0 Å². The number of furan rings is 1. The fourth-order valence-corrected chi connectivity index (χ4v) is 4.01. The molecule has 20 heavy (non-hydrogen) atoms. The molecule has 2 atom stereocenters. The molecule has 2 saturated heterocycles. The highest BCUT2D eigenvalue weighted by atomic mass is 16.3. The summed E-state index contributed by atoms with van der Waals surface area (Å²) in [4.78, 5) is 15.3. The molecule has 0 radical (unpaired) electrons. The Bertz CT molecular complexity index is 646. The molecule has 2 aromatic rings. The van der Waals surface area contributed by atoms with Crippen LogP contribution in [-0.2, 0) is 0 Å². The molecule has 3 heterocycles. The lowest BCUT2D eigenvalue weighted by molar-refractivity contribution is 0.0768. The van der Waals surface area contributed by atoms with Crippen LogP contribution in [0.2, 0.25) is 0 Å². The molecular weight excluding hydrogens is 250 g/mol. The first-order chi connectivity index (χ1) is 9.74. The van der Waals surface area contributed by atoms with Gasteiger partial charge in [0.25, 0.3) is 0 Å². The van der Waals surface area contributed by atoms with E-state index in [1.807, 2.05) is 24.3 Å². The summed E-state index contributed by atoms with van der Waals surface area (Å²) in [6, 6.07) is 9.00. The molecule has 2 bridgehead atoms. The van der Waals surface area contributed by atoms with Crippen molar-refractivity contribution in [2.75, 3.05) is 7.05 Å². The Morgan fingerprint density at radius 2 is 1.90 bits per heavy atom. The van der Waals surface area contributed by atoms with Gasteiger partial charge in [-0.3, -0.25) is 4.79 Å². The second kappa shape index (κ2) is 4.45. The van der Waals surface area contributed by atoms with E-state index in [9.17, 15) is 4.79 Å². The number of Topliss-reactive ketones (excluding diaryl/α,β-unsaturated/α-hetero) is 1. The maximum atomic E-state index is 12.8. The van der Waals surface area contributed by atoms with E-state index in [2.05, 4.69) is 11.9 Å². The molecular formula is C17H19NO2. The molecule has 0 amide bonds. The highest BCUT2D eigenvalue weighted by Gasteiger charge is 2.41. The summed E-state index contributed by atoms with van der Waals surface area (Å²) in [5.41, 5.74) is 1.58. The van der Waals surface area contributed by atoms with Gasteiger partial charge in [-0.1, -0.05) is 18.2 Å². The first-order valence-electron chi connectivity index (χ1n) is 7.46. The van der Waals surface area contributed by atoms with Crippen LogP contribution in [0.1, 0.15) is 36.0 Å². The number of benzene rings is 1. The van der Waals surface area contributed by atoms with Gasteiger partial charge in [0.2, 0.25) is 0 Å². The Balaban J connectivity index is 1.65. The third-order valence-electron chi connectivity index (χ3n) is 5.22. The highest BCUT2D eigenvalue weighted by molar-refractivity contribution is 6.08. The standard InChI is InChI=1S/C17H19NO2/c1-18-12-6-7-13(18)9-11(8-12)17(19)15-10-20-16-5-3-2-4-14(15)16/h2-5,10-13H,6-9H2,1H3. The predicted octanol–water partition coefficient (Wildman–Crippen LogP) is 3.49. The van der Waals surface area contributed by atoms with Gasteiger partial charge < -0.3 is 9.32 Å². The van der Waals surface area contributed by atoms with Gasteiger partial charge in [0, 0.05) is 23.4 Å². The van der Waals surface area contributed by atoms with Crippen molar-refractivity contribution in [3.8, 4) is 0 Å². The van der Waals surface area contributed by atoms with Crippen LogP contribution in [0, 0.1) is 5.92 Å². The summed E-state index contributed by atoms with van der Waals surface area (Å²) in [6.45, 7) is 0. The Hall–Kier alpha value is -1.61. The van der Waals surface area contributed by atoms with Gasteiger partial charge in [-0.2, -0.15) is 0 Å². The molecule has 1 aromatic carbocycles. The lowest BCUT2D eigenvalue weighted by Crippen LogP contribution is -2.42. The Labute approximate surface area is 118 Å². The summed E-state index contributed by atoms with van der Waals surface area (Å²) in [7, 11) is 2.20. The van der Waals surface area contributed by atoms with Gasteiger partial charge in [0.05, 0.1) is 5.56 Å². The van der Waals surface area contributed by atoms with Crippen LogP contribution < -0.4 is 0 Å². The van der Waals surface area contributed by atoms with Crippen molar-refractivity contribution in [3.05, 3.63) is 36.1 Å². The SMILES string of the molecule is CN1C2CCC1CC(C(=O)c1coc3ccccc13)C2. The monoisotopic (exact) mass is 269 g/mol. The van der Waals surface area contributed by atoms with E-state index >= 15 is 0 Å². The Morgan fingerprint density at radius 1 is 1.20 bits per heavy atom. The largest absolute Gasteiger partial charge is 0.464 e. The Kier molecular flexibility index (Phi) is 2.71. The molecule has 2 unspecified atom stereocenters. The molecule has 2 aliphatic rings. The quantitative estimate of drug-likeness (QED) is 0.782. The number of ketones is 1. The van der Waals surface area contributed by atoms with Crippen LogP contribution in [0.3, 0.4) is 0 Å². The first-order valence-corrected chi connectivity index (χ1v) is 7.46. The van der Waals surface area contributed by atoms with E-state index in [4.69, 9.17) is 4.42 Å². The minimum absolute atomic E-state index is 0.171. The fraction of sp³-hybridized carbons (Fsp3) is 0.471. The fourth-order valence-electron chi connectivity index (χ4n) is 4.01. The number of carbonyl (C=O) groups is 1. The van der Waals surface area contributed by atoms with E-state index in [0.717, 1.165) is 29.4 Å². The van der Waals surface area contributed by atoms with Crippen molar-refractivity contribution in [2.24, 2.45) is 5.92 Å². The number of hydrogen-bond donors (Lipinski definition) is 0. The highest BCUT2D eigenvalue weighted by Crippen LogP contribution is 2.39. The third kappa shape index (κ3) is 1.73. The summed E-state index contributed by atoms with van der Waals surface area (Å²) in [6.07, 6.45) is 6.15. The molecule has 104 valence electrons. The van der Waals surface area contributed by atoms with Crippen LogP contribution in [0.4, 0.5) is 0 Å². The van der Waals surface area contributed by atoms with E-state index in [0.29, 0.717) is 12.1 Å². The summed E-state index contributed by atoms with van der Waals surface area (Å²) < 4.78 is 5.52. The van der Waals surface area contributed by atoms with Crippen molar-refractivity contribution in [3.63, 3.8) is 0 Å². The van der Waals surface area contributed by atoms with Gasteiger partial charge in [0.15, 0.2) is 5.78 Å². The van der Waals surface area contributed by atoms with Crippen LogP contribution in [0.15, 0.2) is 34.9 Å². The number of piperidine rings is 1. The summed E-state index contributed by atoms with van der Waals surface area (Å²) in [5, 5.41) is 0.962. The van der Waals surface area contributed by atoms with Crippen molar-refractivity contribution >= 4 is 16.8 Å². The number of para-hydroxylation sites is 1. The van der Waals surface area contributed by atoms with Gasteiger partial charge in [-0.05, 0) is 38.8 Å². The molecule has 1 aromatic heterocycles. The average molecular weight is 269 g/mol. The van der Waals surface area contributed by atoms with E-state index < -0.39 is 0 Å². The van der Waals surface area contributed by atoms with Crippen LogP contribution in [-0.4, -0.2) is 29.8 Å². The van der Waals surface area contributed by atoms with Crippen molar-refractivity contribution in [1.29, 1.82) is 0 Å². The van der Waals surface area contributed by atoms with Crippen LogP contribution in [0.5, 0.6) is 0 Å². The van der Waals surface area contributed by atoms with Gasteiger partial charge in [-0.25, -0.2) is 0 Å². The smallest absolute Gasteiger partial charge is 0.169 e. The maximum absolute atomic E-state index is 12.8. The molecule has 2 fully saturated rings.